The van der Waals surface area contributed by atoms with Crippen molar-refractivity contribution in [3.63, 3.8) is 0 Å². The lowest BCUT2D eigenvalue weighted by atomic mass is 10.1. The summed E-state index contributed by atoms with van der Waals surface area (Å²) in [5.74, 6) is 2.54. The van der Waals surface area contributed by atoms with Crippen molar-refractivity contribution >= 4 is 22.8 Å². The van der Waals surface area contributed by atoms with Crippen molar-refractivity contribution in [3.05, 3.63) is 53.6 Å². The highest BCUT2D eigenvalue weighted by Crippen LogP contribution is 2.33. The van der Waals surface area contributed by atoms with Gasteiger partial charge in [-0.15, -0.1) is 0 Å². The molecule has 0 bridgehead atoms. The van der Waals surface area contributed by atoms with E-state index in [0.717, 1.165) is 39.3 Å². The third-order valence-corrected chi connectivity index (χ3v) is 4.92. The second kappa shape index (κ2) is 6.66. The zero-order chi connectivity index (χ0) is 20.0. The molecule has 8 heteroatoms. The molecular formula is C21H20N6O2. The first-order chi connectivity index (χ1) is 14.1. The highest BCUT2D eigenvalue weighted by molar-refractivity contribution is 5.98. The second-order valence-corrected chi connectivity index (χ2v) is 7.01. The number of aromatic nitrogens is 4. The first-order valence-corrected chi connectivity index (χ1v) is 9.28. The molecule has 0 atom stereocenters. The Balaban J connectivity index is 1.53. The maximum atomic E-state index is 6.26. The summed E-state index contributed by atoms with van der Waals surface area (Å²) in [6.45, 7) is 2.85. The van der Waals surface area contributed by atoms with Crippen LogP contribution in [-0.4, -0.2) is 26.5 Å². The number of ether oxygens (including phenoxy) is 2. The fourth-order valence-corrected chi connectivity index (χ4v) is 3.43. The van der Waals surface area contributed by atoms with Crippen LogP contribution in [0.1, 0.15) is 11.1 Å². The number of aryl methyl sites for hydroxylation is 2. The predicted octanol–water partition coefficient (Wildman–Crippen LogP) is 3.26. The minimum Gasteiger partial charge on any atom is -0.454 e. The van der Waals surface area contributed by atoms with Gasteiger partial charge in [0.25, 0.3) is 0 Å². The van der Waals surface area contributed by atoms with E-state index in [4.69, 9.17) is 20.2 Å². The van der Waals surface area contributed by atoms with Crippen molar-refractivity contribution < 1.29 is 9.47 Å². The molecule has 146 valence electrons. The van der Waals surface area contributed by atoms with Gasteiger partial charge in [-0.05, 0) is 30.7 Å². The Labute approximate surface area is 167 Å². The van der Waals surface area contributed by atoms with E-state index in [2.05, 4.69) is 21.5 Å². The van der Waals surface area contributed by atoms with E-state index >= 15 is 0 Å². The summed E-state index contributed by atoms with van der Waals surface area (Å²) >= 11 is 0. The van der Waals surface area contributed by atoms with Crippen molar-refractivity contribution in [1.82, 2.24) is 19.7 Å². The molecule has 3 heterocycles. The molecule has 3 N–H and O–H groups in total. The molecule has 0 amide bonds. The molecule has 5 rings (SSSR count). The first kappa shape index (κ1) is 17.3. The molecule has 2 aromatic heterocycles. The molecule has 29 heavy (non-hydrogen) atoms. The lowest BCUT2D eigenvalue weighted by Gasteiger charge is -2.09. The quantitative estimate of drug-likeness (QED) is 0.553. The minimum atomic E-state index is 0.257. The molecule has 0 saturated heterocycles. The molecule has 8 nitrogen and oxygen atoms in total. The van der Waals surface area contributed by atoms with E-state index in [9.17, 15) is 0 Å². The van der Waals surface area contributed by atoms with Gasteiger partial charge in [-0.2, -0.15) is 10.1 Å². The number of anilines is 2. The molecule has 2 aromatic carbocycles. The Morgan fingerprint density at radius 2 is 1.97 bits per heavy atom. The molecular weight excluding hydrogens is 368 g/mol. The Kier molecular flexibility index (Phi) is 3.97. The van der Waals surface area contributed by atoms with Gasteiger partial charge in [0.05, 0.1) is 11.1 Å². The minimum absolute atomic E-state index is 0.257. The number of rotatable bonds is 4. The lowest BCUT2D eigenvalue weighted by Crippen LogP contribution is -2.05. The average molecular weight is 388 g/mol. The molecule has 0 aliphatic carbocycles. The van der Waals surface area contributed by atoms with Crippen molar-refractivity contribution in [2.45, 2.75) is 13.5 Å². The molecule has 0 spiro atoms. The number of nitrogens with one attached hydrogen (secondary N) is 1. The van der Waals surface area contributed by atoms with Crippen LogP contribution in [0, 0.1) is 6.92 Å². The summed E-state index contributed by atoms with van der Waals surface area (Å²) < 4.78 is 12.4. The van der Waals surface area contributed by atoms with Gasteiger partial charge in [-0.1, -0.05) is 29.8 Å². The first-order valence-electron chi connectivity index (χ1n) is 9.28. The predicted molar refractivity (Wildman–Crippen MR) is 111 cm³/mol. The van der Waals surface area contributed by atoms with E-state index in [1.165, 1.54) is 0 Å². The van der Waals surface area contributed by atoms with E-state index in [-0.39, 0.29) is 6.79 Å². The molecule has 0 saturated carbocycles. The summed E-state index contributed by atoms with van der Waals surface area (Å²) in [6, 6.07) is 14.0. The van der Waals surface area contributed by atoms with Gasteiger partial charge >= 0.3 is 0 Å². The van der Waals surface area contributed by atoms with Crippen LogP contribution < -0.4 is 20.5 Å². The average Bonchev–Trinajstić information content (AvgIpc) is 3.29. The number of nitrogens with two attached hydrogens (primary N) is 1. The molecule has 0 unspecified atom stereocenters. The van der Waals surface area contributed by atoms with Crippen LogP contribution in [0.25, 0.3) is 22.3 Å². The fourth-order valence-electron chi connectivity index (χ4n) is 3.43. The van der Waals surface area contributed by atoms with Crippen LogP contribution in [0.3, 0.4) is 0 Å². The van der Waals surface area contributed by atoms with Crippen LogP contribution in [0.15, 0.2) is 42.5 Å². The SMILES string of the molecule is Cc1cccc(-c2nc(NCc3ccc4c(c3)OCO4)nc3nn(C)c(N)c23)c1. The Morgan fingerprint density at radius 1 is 1.10 bits per heavy atom. The lowest BCUT2D eigenvalue weighted by molar-refractivity contribution is 0.174. The molecule has 4 aromatic rings. The van der Waals surface area contributed by atoms with Crippen LogP contribution in [0.4, 0.5) is 11.8 Å². The number of hydrogen-bond donors (Lipinski definition) is 2. The van der Waals surface area contributed by atoms with Crippen molar-refractivity contribution in [2.24, 2.45) is 7.05 Å². The third kappa shape index (κ3) is 3.08. The van der Waals surface area contributed by atoms with Crippen LogP contribution in [0.5, 0.6) is 11.5 Å². The number of nitrogens with zero attached hydrogens (tertiary/aromatic N) is 4. The molecule has 0 fully saturated rings. The maximum Gasteiger partial charge on any atom is 0.231 e. The smallest absolute Gasteiger partial charge is 0.231 e. The number of hydrogen-bond acceptors (Lipinski definition) is 7. The van der Waals surface area contributed by atoms with Gasteiger partial charge in [0.2, 0.25) is 12.7 Å². The van der Waals surface area contributed by atoms with E-state index < -0.39 is 0 Å². The van der Waals surface area contributed by atoms with E-state index in [1.54, 1.807) is 11.7 Å². The summed E-state index contributed by atoms with van der Waals surface area (Å²) in [5.41, 5.74) is 10.7. The molecule has 0 radical (unpaired) electrons. The zero-order valence-corrected chi connectivity index (χ0v) is 16.1. The van der Waals surface area contributed by atoms with Crippen LogP contribution >= 0.6 is 0 Å². The van der Waals surface area contributed by atoms with Crippen LogP contribution in [0.2, 0.25) is 0 Å². The largest absolute Gasteiger partial charge is 0.454 e. The van der Waals surface area contributed by atoms with Crippen molar-refractivity contribution in [2.75, 3.05) is 17.8 Å². The van der Waals surface area contributed by atoms with Crippen molar-refractivity contribution in [1.29, 1.82) is 0 Å². The topological polar surface area (TPSA) is 100 Å². The number of nitrogen functional groups attached to an aromatic ring is 1. The summed E-state index contributed by atoms with van der Waals surface area (Å²) in [5, 5.41) is 8.49. The summed E-state index contributed by atoms with van der Waals surface area (Å²) in [6.07, 6.45) is 0. The van der Waals surface area contributed by atoms with Gasteiger partial charge in [-0.3, -0.25) is 4.68 Å². The maximum absolute atomic E-state index is 6.26. The number of fused-ring (bicyclic) bond motifs is 2. The van der Waals surface area contributed by atoms with Gasteiger partial charge < -0.3 is 20.5 Å². The monoisotopic (exact) mass is 388 g/mol. The van der Waals surface area contributed by atoms with Gasteiger partial charge in [0.15, 0.2) is 17.1 Å². The fraction of sp³-hybridized carbons (Fsp3) is 0.190. The Hall–Kier alpha value is -3.81. The Morgan fingerprint density at radius 3 is 2.83 bits per heavy atom. The molecule has 1 aliphatic rings. The standard InChI is InChI=1S/C21H20N6O2/c1-12-4-3-5-14(8-12)18-17-19(22)27(2)26-20(17)25-21(24-18)23-10-13-6-7-15-16(9-13)29-11-28-15/h3-9H,10-11,22H2,1-2H3,(H,23,25,26). The van der Waals surface area contributed by atoms with Crippen LogP contribution in [-0.2, 0) is 13.6 Å². The van der Waals surface area contributed by atoms with E-state index in [0.29, 0.717) is 24.0 Å². The number of benzene rings is 2. The van der Waals surface area contributed by atoms with Crippen molar-refractivity contribution in [3.8, 4) is 22.8 Å². The highest BCUT2D eigenvalue weighted by atomic mass is 16.7. The van der Waals surface area contributed by atoms with Gasteiger partial charge in [0, 0.05) is 19.2 Å². The highest BCUT2D eigenvalue weighted by Gasteiger charge is 2.18. The van der Waals surface area contributed by atoms with Gasteiger partial charge in [0.1, 0.15) is 5.82 Å². The molecule has 1 aliphatic heterocycles. The second-order valence-electron chi connectivity index (χ2n) is 7.01. The summed E-state index contributed by atoms with van der Waals surface area (Å²) in [4.78, 5) is 9.33. The van der Waals surface area contributed by atoms with E-state index in [1.807, 2.05) is 43.3 Å². The van der Waals surface area contributed by atoms with Gasteiger partial charge in [-0.25, -0.2) is 4.98 Å². The normalized spacial score (nSPS) is 12.5. The third-order valence-electron chi connectivity index (χ3n) is 4.92. The zero-order valence-electron chi connectivity index (χ0n) is 16.1. The summed E-state index contributed by atoms with van der Waals surface area (Å²) in [7, 11) is 1.80. The Bertz CT molecular complexity index is 1230.